The summed E-state index contributed by atoms with van der Waals surface area (Å²) in [5.41, 5.74) is 0. The molecule has 6 nitrogen and oxygen atoms in total. The number of aliphatic hydroxyl groups excluding tert-OH is 2. The Bertz CT molecular complexity index is 1100. The minimum absolute atomic E-state index is 0.0707. The Morgan fingerprint density at radius 1 is 0.453 bits per heavy atom. The van der Waals surface area contributed by atoms with Crippen LogP contribution in [0.4, 0.5) is 0 Å². The largest absolute Gasteiger partial charge is 0.462 e. The van der Waals surface area contributed by atoms with Gasteiger partial charge in [0.1, 0.15) is 6.10 Å². The predicted octanol–water partition coefficient (Wildman–Crippen LogP) is 17.0. The van der Waals surface area contributed by atoms with E-state index in [4.69, 9.17) is 4.74 Å². The highest BCUT2D eigenvalue weighted by atomic mass is 16.5. The number of carbonyl (C=O) groups excluding carboxylic acids is 2. The number of esters is 1. The summed E-state index contributed by atoms with van der Waals surface area (Å²) in [7, 11) is 0. The molecular formula is C58H107NO5. The predicted molar refractivity (Wildman–Crippen MR) is 278 cm³/mol. The molecule has 0 radical (unpaired) electrons. The van der Waals surface area contributed by atoms with E-state index in [1.54, 1.807) is 0 Å². The summed E-state index contributed by atoms with van der Waals surface area (Å²) in [4.78, 5) is 26.2. The van der Waals surface area contributed by atoms with Gasteiger partial charge in [0.2, 0.25) is 5.91 Å². The molecule has 3 unspecified atom stereocenters. The van der Waals surface area contributed by atoms with Gasteiger partial charge in [0.05, 0.1) is 25.2 Å². The third kappa shape index (κ3) is 46.4. The standard InChI is InChI=1S/C58H107NO5/c1-4-7-10-13-16-19-22-25-27-28-29-30-33-36-39-42-45-48-51-58(63)64-54(49-46-43-40-37-34-32-26-23-20-17-14-11-8-5-2)52-57(62)59-55(53-60)56(61)50-47-44-41-38-35-31-24-21-18-15-12-9-6-3/h16,19,22,25,27-30,54-56,60-61H,4-15,17-18,20-21,23-24,26,31-53H2,1-3H3,(H,59,62)/b19-16+,25-22+,28-27+,30-29+. The number of amides is 1. The van der Waals surface area contributed by atoms with Crippen molar-refractivity contribution in [1.82, 2.24) is 5.32 Å². The fourth-order valence-electron chi connectivity index (χ4n) is 8.50. The van der Waals surface area contributed by atoms with Crippen LogP contribution in [-0.2, 0) is 14.3 Å². The zero-order valence-corrected chi connectivity index (χ0v) is 42.7. The summed E-state index contributed by atoms with van der Waals surface area (Å²) in [6, 6.07) is -0.705. The van der Waals surface area contributed by atoms with Crippen LogP contribution >= 0.6 is 0 Å². The van der Waals surface area contributed by atoms with Gasteiger partial charge in [-0.1, -0.05) is 268 Å². The number of aliphatic hydroxyl groups is 2. The van der Waals surface area contributed by atoms with E-state index in [1.807, 2.05) is 0 Å². The average Bonchev–Trinajstić information content (AvgIpc) is 3.29. The highest BCUT2D eigenvalue weighted by molar-refractivity contribution is 5.77. The molecule has 0 aromatic heterocycles. The van der Waals surface area contributed by atoms with Gasteiger partial charge in [0, 0.05) is 6.42 Å². The fourth-order valence-corrected chi connectivity index (χ4v) is 8.50. The van der Waals surface area contributed by atoms with Crippen molar-refractivity contribution in [3.63, 3.8) is 0 Å². The summed E-state index contributed by atoms with van der Waals surface area (Å²) < 4.78 is 5.95. The van der Waals surface area contributed by atoms with Crippen LogP contribution in [-0.4, -0.2) is 46.9 Å². The minimum atomic E-state index is -0.791. The number of hydrogen-bond acceptors (Lipinski definition) is 5. The van der Waals surface area contributed by atoms with E-state index >= 15 is 0 Å². The van der Waals surface area contributed by atoms with Crippen LogP contribution < -0.4 is 5.32 Å². The Kier molecular flexibility index (Phi) is 50.0. The van der Waals surface area contributed by atoms with Crippen molar-refractivity contribution in [2.45, 2.75) is 302 Å². The first-order chi connectivity index (χ1) is 31.5. The molecule has 3 atom stereocenters. The van der Waals surface area contributed by atoms with Gasteiger partial charge in [-0.25, -0.2) is 0 Å². The monoisotopic (exact) mass is 898 g/mol. The van der Waals surface area contributed by atoms with Crippen molar-refractivity contribution in [2.75, 3.05) is 6.61 Å². The molecule has 0 saturated heterocycles. The van der Waals surface area contributed by atoms with Gasteiger partial charge < -0.3 is 20.3 Å². The second-order valence-electron chi connectivity index (χ2n) is 19.1. The van der Waals surface area contributed by atoms with Gasteiger partial charge in [-0.3, -0.25) is 9.59 Å². The van der Waals surface area contributed by atoms with Crippen molar-refractivity contribution in [3.8, 4) is 0 Å². The second kappa shape index (κ2) is 51.8. The molecule has 0 aliphatic carbocycles. The van der Waals surface area contributed by atoms with Crippen molar-refractivity contribution in [3.05, 3.63) is 48.6 Å². The number of unbranched alkanes of at least 4 members (excludes halogenated alkanes) is 33. The summed E-state index contributed by atoms with van der Waals surface area (Å²) in [6.45, 7) is 6.46. The fraction of sp³-hybridized carbons (Fsp3) is 0.828. The Labute approximate surface area is 397 Å². The van der Waals surface area contributed by atoms with Crippen LogP contribution in [0.15, 0.2) is 48.6 Å². The van der Waals surface area contributed by atoms with Crippen LogP contribution in [0.5, 0.6) is 0 Å². The molecule has 0 rings (SSSR count). The SMILES string of the molecule is CCCCC/C=C/C=C/C=C/C=C/CCCCCCCC(=O)OC(CCCCCCCCCCCCCCCC)CC(=O)NC(CO)C(O)CCCCCCCCCCCCCCC. The van der Waals surface area contributed by atoms with Crippen molar-refractivity contribution < 1.29 is 24.5 Å². The van der Waals surface area contributed by atoms with Crippen molar-refractivity contribution in [1.29, 1.82) is 0 Å². The third-order valence-corrected chi connectivity index (χ3v) is 12.8. The number of carbonyl (C=O) groups is 2. The summed E-state index contributed by atoms with van der Waals surface area (Å²) in [5.74, 6) is -0.488. The number of ether oxygens (including phenoxy) is 1. The van der Waals surface area contributed by atoms with E-state index in [2.05, 4.69) is 74.7 Å². The van der Waals surface area contributed by atoms with Gasteiger partial charge in [0.25, 0.3) is 0 Å². The minimum Gasteiger partial charge on any atom is -0.462 e. The highest BCUT2D eigenvalue weighted by Crippen LogP contribution is 2.18. The van der Waals surface area contributed by atoms with Crippen LogP contribution in [0, 0.1) is 0 Å². The summed E-state index contributed by atoms with van der Waals surface area (Å²) in [5, 5.41) is 23.8. The molecule has 0 aromatic carbocycles. The van der Waals surface area contributed by atoms with Gasteiger partial charge in [-0.2, -0.15) is 0 Å². The lowest BCUT2D eigenvalue weighted by Crippen LogP contribution is -2.46. The number of hydrogen-bond donors (Lipinski definition) is 3. The first-order valence-electron chi connectivity index (χ1n) is 27.9. The number of rotatable bonds is 50. The lowest BCUT2D eigenvalue weighted by atomic mass is 10.0. The molecule has 0 bridgehead atoms. The van der Waals surface area contributed by atoms with E-state index in [-0.39, 0.29) is 24.9 Å². The van der Waals surface area contributed by atoms with Crippen LogP contribution in [0.3, 0.4) is 0 Å². The molecule has 0 aliphatic rings. The topological polar surface area (TPSA) is 95.9 Å². The van der Waals surface area contributed by atoms with Crippen LogP contribution in [0.25, 0.3) is 0 Å². The molecule has 0 spiro atoms. The third-order valence-electron chi connectivity index (χ3n) is 12.8. The van der Waals surface area contributed by atoms with Crippen LogP contribution in [0.2, 0.25) is 0 Å². The first-order valence-corrected chi connectivity index (χ1v) is 27.9. The van der Waals surface area contributed by atoms with E-state index in [1.165, 1.54) is 161 Å². The molecule has 3 N–H and O–H groups in total. The molecule has 0 fully saturated rings. The van der Waals surface area contributed by atoms with E-state index in [9.17, 15) is 19.8 Å². The van der Waals surface area contributed by atoms with Crippen molar-refractivity contribution in [2.24, 2.45) is 0 Å². The van der Waals surface area contributed by atoms with Gasteiger partial charge >= 0.3 is 5.97 Å². The van der Waals surface area contributed by atoms with Gasteiger partial charge in [-0.05, 0) is 51.4 Å². The smallest absolute Gasteiger partial charge is 0.306 e. The van der Waals surface area contributed by atoms with Gasteiger partial charge in [-0.15, -0.1) is 0 Å². The number of allylic oxidation sites excluding steroid dienone is 8. The summed E-state index contributed by atoms with van der Waals surface area (Å²) in [6.07, 6.45) is 63.1. The Morgan fingerprint density at radius 2 is 0.797 bits per heavy atom. The normalized spacial score (nSPS) is 13.5. The molecular weight excluding hydrogens is 791 g/mol. The number of nitrogens with one attached hydrogen (secondary N) is 1. The zero-order chi connectivity index (χ0) is 46.7. The molecule has 0 heterocycles. The maximum absolute atomic E-state index is 13.2. The van der Waals surface area contributed by atoms with E-state index in [0.717, 1.165) is 77.0 Å². The maximum atomic E-state index is 13.2. The molecule has 1 amide bonds. The van der Waals surface area contributed by atoms with E-state index in [0.29, 0.717) is 19.3 Å². The molecule has 0 aromatic rings. The lowest BCUT2D eigenvalue weighted by molar-refractivity contribution is -0.151. The Balaban J connectivity index is 4.59. The molecule has 0 saturated carbocycles. The molecule has 374 valence electrons. The Hall–Kier alpha value is -2.18. The lowest BCUT2D eigenvalue weighted by Gasteiger charge is -2.24. The van der Waals surface area contributed by atoms with E-state index < -0.39 is 18.2 Å². The Morgan fingerprint density at radius 3 is 1.23 bits per heavy atom. The zero-order valence-electron chi connectivity index (χ0n) is 42.7. The van der Waals surface area contributed by atoms with Crippen molar-refractivity contribution >= 4 is 11.9 Å². The second-order valence-corrected chi connectivity index (χ2v) is 19.1. The highest BCUT2D eigenvalue weighted by Gasteiger charge is 2.24. The van der Waals surface area contributed by atoms with Crippen LogP contribution in [0.1, 0.15) is 284 Å². The average molecular weight is 898 g/mol. The molecule has 0 aliphatic heterocycles. The first kappa shape index (κ1) is 61.8. The molecule has 6 heteroatoms. The summed E-state index contributed by atoms with van der Waals surface area (Å²) >= 11 is 0. The molecule has 64 heavy (non-hydrogen) atoms. The maximum Gasteiger partial charge on any atom is 0.306 e. The quantitative estimate of drug-likeness (QED) is 0.0321. The van der Waals surface area contributed by atoms with Gasteiger partial charge in [0.15, 0.2) is 0 Å².